The average Bonchev–Trinajstić information content (AvgIpc) is 2.90. The Morgan fingerprint density at radius 1 is 1.32 bits per heavy atom. The minimum Gasteiger partial charge on any atom is -0.481 e. The number of carbonyl (C=O) groups is 2. The predicted molar refractivity (Wildman–Crippen MR) is 81.4 cm³/mol. The number of carboxylic acid groups (broad SMARTS) is 1. The molecule has 2 saturated heterocycles. The van der Waals surface area contributed by atoms with Crippen molar-refractivity contribution in [2.24, 2.45) is 11.3 Å². The summed E-state index contributed by atoms with van der Waals surface area (Å²) >= 11 is 11.8. The van der Waals surface area contributed by atoms with Gasteiger partial charge in [0.2, 0.25) is 0 Å². The molecule has 118 valence electrons. The molecule has 2 aliphatic rings. The number of hydrogen-bond donors (Lipinski definition) is 1. The molecule has 7 heteroatoms. The first-order valence-corrected chi connectivity index (χ1v) is 7.75. The van der Waals surface area contributed by atoms with Crippen LogP contribution in [0.1, 0.15) is 16.8 Å². The van der Waals surface area contributed by atoms with E-state index in [1.807, 2.05) is 0 Å². The van der Waals surface area contributed by atoms with Gasteiger partial charge in [-0.1, -0.05) is 23.2 Å². The summed E-state index contributed by atoms with van der Waals surface area (Å²) in [6.45, 7) is 1.27. The molecule has 1 aromatic carbocycles. The Hall–Kier alpha value is -1.30. The van der Waals surface area contributed by atoms with Gasteiger partial charge in [0.05, 0.1) is 16.7 Å². The second kappa shape index (κ2) is 5.72. The number of rotatable bonds is 2. The Balaban J connectivity index is 1.85. The summed E-state index contributed by atoms with van der Waals surface area (Å²) in [4.78, 5) is 25.9. The summed E-state index contributed by atoms with van der Waals surface area (Å²) < 4.78 is 5.36. The van der Waals surface area contributed by atoms with Crippen molar-refractivity contribution in [1.29, 1.82) is 0 Å². The highest BCUT2D eigenvalue weighted by Crippen LogP contribution is 2.42. The zero-order chi connectivity index (χ0) is 15.9. The highest BCUT2D eigenvalue weighted by molar-refractivity contribution is 6.42. The van der Waals surface area contributed by atoms with Crippen molar-refractivity contribution in [2.75, 3.05) is 26.3 Å². The largest absolute Gasteiger partial charge is 0.481 e. The quantitative estimate of drug-likeness (QED) is 0.895. The van der Waals surface area contributed by atoms with E-state index < -0.39 is 11.4 Å². The first-order chi connectivity index (χ1) is 10.4. The maximum atomic E-state index is 12.6. The Bertz CT molecular complexity index is 636. The van der Waals surface area contributed by atoms with E-state index in [1.54, 1.807) is 17.0 Å². The molecule has 1 aromatic rings. The zero-order valence-electron chi connectivity index (χ0n) is 11.7. The monoisotopic (exact) mass is 343 g/mol. The van der Waals surface area contributed by atoms with Gasteiger partial charge in [-0.25, -0.2) is 0 Å². The van der Waals surface area contributed by atoms with Crippen LogP contribution in [-0.2, 0) is 9.53 Å². The summed E-state index contributed by atoms with van der Waals surface area (Å²) in [7, 11) is 0. The second-order valence-corrected chi connectivity index (χ2v) is 6.63. The number of halogens is 2. The van der Waals surface area contributed by atoms with Crippen LogP contribution in [0.15, 0.2) is 18.2 Å². The van der Waals surface area contributed by atoms with Crippen LogP contribution in [0.5, 0.6) is 0 Å². The molecule has 22 heavy (non-hydrogen) atoms. The van der Waals surface area contributed by atoms with Crippen molar-refractivity contribution in [3.63, 3.8) is 0 Å². The molecule has 1 N–H and O–H groups in total. The summed E-state index contributed by atoms with van der Waals surface area (Å²) in [5, 5.41) is 10.3. The Morgan fingerprint density at radius 3 is 2.73 bits per heavy atom. The number of ether oxygens (including phenoxy) is 1. The van der Waals surface area contributed by atoms with E-state index >= 15 is 0 Å². The third-order valence-electron chi connectivity index (χ3n) is 4.55. The molecule has 0 unspecified atom stereocenters. The molecule has 0 aliphatic carbocycles. The number of hydrogen-bond acceptors (Lipinski definition) is 3. The van der Waals surface area contributed by atoms with Crippen LogP contribution in [0, 0.1) is 11.3 Å². The van der Waals surface area contributed by atoms with Crippen LogP contribution in [0.2, 0.25) is 10.0 Å². The molecular formula is C15H15Cl2NO4. The highest BCUT2D eigenvalue weighted by Gasteiger charge is 2.55. The van der Waals surface area contributed by atoms with E-state index in [9.17, 15) is 14.7 Å². The molecule has 5 nitrogen and oxygen atoms in total. The van der Waals surface area contributed by atoms with E-state index in [4.69, 9.17) is 27.9 Å². The zero-order valence-corrected chi connectivity index (χ0v) is 13.2. The minimum atomic E-state index is -0.996. The number of amides is 1. The maximum Gasteiger partial charge on any atom is 0.314 e. The van der Waals surface area contributed by atoms with Gasteiger partial charge in [-0.3, -0.25) is 9.59 Å². The van der Waals surface area contributed by atoms with Gasteiger partial charge in [0, 0.05) is 25.3 Å². The molecule has 2 atom stereocenters. The summed E-state index contributed by atoms with van der Waals surface area (Å²) in [5.41, 5.74) is -0.584. The fraction of sp³-hybridized carbons (Fsp3) is 0.467. The number of benzene rings is 1. The predicted octanol–water partition coefficient (Wildman–Crippen LogP) is 2.56. The molecule has 1 amide bonds. The van der Waals surface area contributed by atoms with Gasteiger partial charge in [0.15, 0.2) is 0 Å². The number of nitrogens with zero attached hydrogens (tertiary/aromatic N) is 1. The van der Waals surface area contributed by atoms with Gasteiger partial charge in [-0.05, 0) is 30.5 Å². The number of carboxylic acids is 1. The third-order valence-corrected chi connectivity index (χ3v) is 5.28. The molecular weight excluding hydrogens is 329 g/mol. The summed E-state index contributed by atoms with van der Waals surface area (Å²) in [5.74, 6) is -1.21. The van der Waals surface area contributed by atoms with Gasteiger partial charge in [-0.15, -0.1) is 0 Å². The fourth-order valence-corrected chi connectivity index (χ4v) is 3.55. The van der Waals surface area contributed by atoms with Crippen LogP contribution in [0.3, 0.4) is 0 Å². The molecule has 2 aliphatic heterocycles. The van der Waals surface area contributed by atoms with E-state index in [1.165, 1.54) is 6.07 Å². The van der Waals surface area contributed by atoms with Crippen molar-refractivity contribution in [2.45, 2.75) is 6.42 Å². The second-order valence-electron chi connectivity index (χ2n) is 5.81. The maximum absolute atomic E-state index is 12.6. The molecule has 0 radical (unpaired) electrons. The topological polar surface area (TPSA) is 66.8 Å². The van der Waals surface area contributed by atoms with Gasteiger partial charge in [0.1, 0.15) is 5.41 Å². The highest BCUT2D eigenvalue weighted by atomic mass is 35.5. The van der Waals surface area contributed by atoms with E-state index in [0.717, 1.165) is 0 Å². The van der Waals surface area contributed by atoms with Crippen LogP contribution in [-0.4, -0.2) is 48.2 Å². The van der Waals surface area contributed by atoms with Gasteiger partial charge in [0.25, 0.3) is 5.91 Å². The lowest BCUT2D eigenvalue weighted by Crippen LogP contribution is -2.46. The van der Waals surface area contributed by atoms with E-state index in [-0.39, 0.29) is 25.0 Å². The number of carbonyl (C=O) groups excluding carboxylic acids is 1. The fourth-order valence-electron chi connectivity index (χ4n) is 3.26. The Morgan fingerprint density at radius 2 is 2.09 bits per heavy atom. The van der Waals surface area contributed by atoms with Crippen molar-refractivity contribution < 1.29 is 19.4 Å². The lowest BCUT2D eigenvalue weighted by molar-refractivity contribution is -0.159. The molecule has 2 fully saturated rings. The van der Waals surface area contributed by atoms with Gasteiger partial charge < -0.3 is 14.7 Å². The van der Waals surface area contributed by atoms with E-state index in [0.29, 0.717) is 35.2 Å². The normalized spacial score (nSPS) is 27.5. The van der Waals surface area contributed by atoms with Crippen LogP contribution < -0.4 is 0 Å². The Kier molecular flexibility index (Phi) is 4.05. The van der Waals surface area contributed by atoms with Crippen molar-refractivity contribution in [1.82, 2.24) is 4.90 Å². The molecule has 0 aromatic heterocycles. The smallest absolute Gasteiger partial charge is 0.314 e. The number of fused-ring (bicyclic) bond motifs is 1. The Labute approximate surface area is 137 Å². The van der Waals surface area contributed by atoms with E-state index in [2.05, 4.69) is 0 Å². The van der Waals surface area contributed by atoms with Crippen molar-refractivity contribution in [3.8, 4) is 0 Å². The average molecular weight is 344 g/mol. The molecule has 0 saturated carbocycles. The van der Waals surface area contributed by atoms with Crippen LogP contribution >= 0.6 is 23.2 Å². The summed E-state index contributed by atoms with van der Waals surface area (Å²) in [6.07, 6.45) is 0.650. The van der Waals surface area contributed by atoms with Gasteiger partial charge >= 0.3 is 5.97 Å². The van der Waals surface area contributed by atoms with Crippen molar-refractivity contribution >= 4 is 35.1 Å². The third kappa shape index (κ3) is 2.47. The lowest BCUT2D eigenvalue weighted by atomic mass is 9.76. The van der Waals surface area contributed by atoms with Crippen molar-refractivity contribution in [3.05, 3.63) is 33.8 Å². The van der Waals surface area contributed by atoms with Gasteiger partial charge in [-0.2, -0.15) is 0 Å². The van der Waals surface area contributed by atoms with Crippen LogP contribution in [0.4, 0.5) is 0 Å². The first kappa shape index (κ1) is 15.6. The SMILES string of the molecule is O=C(c1ccc(Cl)c(Cl)c1)N1C[C@@H]2CCOC[C@]2(C(=O)O)C1. The molecule has 0 bridgehead atoms. The van der Waals surface area contributed by atoms with Crippen LogP contribution in [0.25, 0.3) is 0 Å². The standard InChI is InChI=1S/C15H15Cl2NO4/c16-11-2-1-9(5-12(11)17)13(19)18-6-10-3-4-22-8-15(10,7-18)14(20)21/h1-2,5,10H,3-4,6-8H2,(H,20,21)/t10-,15+/m0/s1. The summed E-state index contributed by atoms with van der Waals surface area (Å²) in [6, 6.07) is 4.68. The number of likely N-dealkylation sites (tertiary alicyclic amines) is 1. The number of aliphatic carboxylic acids is 1. The molecule has 3 rings (SSSR count). The first-order valence-electron chi connectivity index (χ1n) is 6.99. The molecule has 2 heterocycles. The molecule has 0 spiro atoms. The minimum absolute atomic E-state index is 0.0783. The lowest BCUT2D eigenvalue weighted by Gasteiger charge is -2.33.